The van der Waals surface area contributed by atoms with E-state index in [0.717, 1.165) is 53.5 Å². The fourth-order valence-electron chi connectivity index (χ4n) is 11.7. The number of fused-ring (bicyclic) bond motifs is 9. The van der Waals surface area contributed by atoms with Crippen LogP contribution in [-0.2, 0) is 27.0 Å². The van der Waals surface area contributed by atoms with Crippen LogP contribution in [0.5, 0.6) is 11.5 Å². The Balaban J connectivity index is 1.25. The SMILES string of the molecule is C[C@H]1CCc2cc3ccc2[C@H]1C[C@@H](S(=O)(=O)O)[C@@H]1C=C2C[C@H](C[C@@H]4O[C@H]2c2ccc(O)cc2C#CC[C@@H]4CO)[C@@H]1c1ccc(cc1)[C@@](CCC1(O)CCCC1)(N=C(N)N)O3. The molecule has 1 saturated heterocycles. The average molecular weight is 836 g/mol. The number of phenols is 1. The highest BCUT2D eigenvalue weighted by atomic mass is 32.2. The van der Waals surface area contributed by atoms with Gasteiger partial charge in [0.25, 0.3) is 10.1 Å². The molecule has 318 valence electrons. The minimum atomic E-state index is -4.63. The Hall–Kier alpha value is -4.38. The van der Waals surface area contributed by atoms with E-state index in [1.807, 2.05) is 48.5 Å². The van der Waals surface area contributed by atoms with E-state index >= 15 is 0 Å². The molecule has 3 aromatic carbocycles. The number of aromatic hydroxyl groups is 1. The first-order valence-corrected chi connectivity index (χ1v) is 23.2. The van der Waals surface area contributed by atoms with Crippen LogP contribution in [0, 0.1) is 35.5 Å². The van der Waals surface area contributed by atoms with Gasteiger partial charge in [-0.2, -0.15) is 8.42 Å². The molecule has 10 bridgehead atoms. The van der Waals surface area contributed by atoms with Crippen molar-refractivity contribution in [2.24, 2.45) is 40.1 Å². The summed E-state index contributed by atoms with van der Waals surface area (Å²) >= 11 is 0. The van der Waals surface area contributed by atoms with E-state index in [1.54, 1.807) is 12.1 Å². The van der Waals surface area contributed by atoms with Crippen LogP contribution < -0.4 is 16.2 Å². The molecule has 5 heterocycles. The van der Waals surface area contributed by atoms with E-state index in [9.17, 15) is 28.3 Å². The predicted octanol–water partition coefficient (Wildman–Crippen LogP) is 6.85. The maximum absolute atomic E-state index is 14.1. The van der Waals surface area contributed by atoms with E-state index in [-0.39, 0.29) is 54.3 Å². The summed E-state index contributed by atoms with van der Waals surface area (Å²) < 4.78 is 53.6. The number of allylic oxidation sites excluding steroid dienone is 1. The molecule has 0 radical (unpaired) electrons. The monoisotopic (exact) mass is 835 g/mol. The molecule has 0 amide bonds. The second-order valence-electron chi connectivity index (χ2n) is 18.6. The largest absolute Gasteiger partial charge is 0.508 e. The van der Waals surface area contributed by atoms with Gasteiger partial charge < -0.3 is 36.3 Å². The van der Waals surface area contributed by atoms with Crippen molar-refractivity contribution in [3.8, 4) is 23.3 Å². The zero-order valence-corrected chi connectivity index (χ0v) is 35.0. The van der Waals surface area contributed by atoms with Crippen molar-refractivity contribution in [2.75, 3.05) is 6.61 Å². The number of hydrogen-bond acceptors (Lipinski definition) is 8. The van der Waals surface area contributed by atoms with Crippen LogP contribution in [0.25, 0.3) is 0 Å². The first kappa shape index (κ1) is 41.0. The maximum atomic E-state index is 14.1. The van der Waals surface area contributed by atoms with Gasteiger partial charge in [-0.3, -0.25) is 4.55 Å². The Morgan fingerprint density at radius 2 is 1.77 bits per heavy atom. The van der Waals surface area contributed by atoms with Crippen LogP contribution in [0.2, 0.25) is 0 Å². The smallest absolute Gasteiger partial charge is 0.268 e. The zero-order valence-electron chi connectivity index (χ0n) is 34.2. The molecular weight excluding hydrogens is 779 g/mol. The van der Waals surface area contributed by atoms with Gasteiger partial charge in [0.1, 0.15) is 17.6 Å². The number of hydrogen-bond donors (Lipinski definition) is 6. The summed E-state index contributed by atoms with van der Waals surface area (Å²) in [4.78, 5) is 4.83. The summed E-state index contributed by atoms with van der Waals surface area (Å²) in [7, 11) is -4.63. The summed E-state index contributed by atoms with van der Waals surface area (Å²) in [6.07, 6.45) is 8.39. The molecule has 2 fully saturated rings. The molecular formula is C48H57N3O8S. The van der Waals surface area contributed by atoms with Gasteiger partial charge in [0, 0.05) is 48.0 Å². The highest BCUT2D eigenvalue weighted by molar-refractivity contribution is 7.86. The van der Waals surface area contributed by atoms with Gasteiger partial charge in [0.05, 0.1) is 17.0 Å². The molecule has 12 heteroatoms. The van der Waals surface area contributed by atoms with E-state index in [4.69, 9.17) is 25.9 Å². The van der Waals surface area contributed by atoms with Crippen molar-refractivity contribution in [1.82, 2.24) is 0 Å². The molecule has 11 rings (SSSR count). The number of aryl methyl sites for hydroxylation is 1. The fourth-order valence-corrected chi connectivity index (χ4v) is 12.8. The molecule has 3 aliphatic carbocycles. The van der Waals surface area contributed by atoms with Crippen molar-refractivity contribution in [1.29, 1.82) is 0 Å². The lowest BCUT2D eigenvalue weighted by atomic mass is 9.64. The second kappa shape index (κ2) is 15.8. The van der Waals surface area contributed by atoms with Crippen LogP contribution in [0.4, 0.5) is 0 Å². The summed E-state index contributed by atoms with van der Waals surface area (Å²) in [6.45, 7) is 2.02. The van der Waals surface area contributed by atoms with Crippen molar-refractivity contribution in [3.05, 3.63) is 106 Å². The van der Waals surface area contributed by atoms with Gasteiger partial charge >= 0.3 is 0 Å². The van der Waals surface area contributed by atoms with Gasteiger partial charge in [-0.1, -0.05) is 74.1 Å². The Morgan fingerprint density at radius 3 is 2.50 bits per heavy atom. The molecule has 0 spiro atoms. The van der Waals surface area contributed by atoms with Crippen LogP contribution in [0.1, 0.15) is 129 Å². The molecule has 3 aromatic rings. The molecule has 0 unspecified atom stereocenters. The fraction of sp³-hybridized carbons (Fsp3) is 0.521. The van der Waals surface area contributed by atoms with E-state index in [2.05, 4.69) is 24.8 Å². The van der Waals surface area contributed by atoms with Crippen molar-refractivity contribution < 1.29 is 37.8 Å². The third-order valence-electron chi connectivity index (χ3n) is 14.9. The van der Waals surface area contributed by atoms with Crippen molar-refractivity contribution in [2.45, 2.75) is 125 Å². The molecule has 60 heavy (non-hydrogen) atoms. The number of aliphatic hydroxyl groups is 2. The summed E-state index contributed by atoms with van der Waals surface area (Å²) in [5.41, 5.74) is 16.2. The zero-order chi connectivity index (χ0) is 42.0. The average Bonchev–Trinajstić information content (AvgIpc) is 3.61. The van der Waals surface area contributed by atoms with Gasteiger partial charge in [-0.05, 0) is 122 Å². The number of guanidine groups is 1. The number of aliphatic hydroxyl groups excluding tert-OH is 1. The van der Waals surface area contributed by atoms with Gasteiger partial charge in [-0.15, -0.1) is 0 Å². The van der Waals surface area contributed by atoms with Crippen LogP contribution in [0.15, 0.2) is 77.3 Å². The minimum Gasteiger partial charge on any atom is -0.508 e. The highest BCUT2D eigenvalue weighted by Crippen LogP contribution is 2.55. The summed E-state index contributed by atoms with van der Waals surface area (Å²) in [6, 6.07) is 19.0. The first-order chi connectivity index (χ1) is 28.7. The summed E-state index contributed by atoms with van der Waals surface area (Å²) in [5, 5.41) is 31.7. The quantitative estimate of drug-likeness (QED) is 0.0502. The molecule has 8 aliphatic rings. The number of benzene rings is 3. The number of phenolic OH excluding ortho intramolecular Hbond substituents is 1. The van der Waals surface area contributed by atoms with Crippen LogP contribution in [0.3, 0.4) is 0 Å². The standard InChI is InChI=1S/C48H57N3O8S/c1-28-7-8-31-23-37-14-16-38(31)40(28)26-43(60(55,56)57)41-24-34-21-33(25-42-32(27-52)6-4-5-30-22-36(53)13-15-39(30)45(34)58-42)44(41)29-9-11-35(12-10-29)48(59-37,51-46(49)50)20-19-47(54)17-2-3-18-47/h9-16,22-24,28,32-33,40-45,52-54H,2-3,6-8,17-21,25-27H2,1H3,(H4,49,50,51)(H,55,56,57)/t28-,32+,33+,40-,41-,42-,43+,44-,45+,48-/m0/s1. The van der Waals surface area contributed by atoms with E-state index < -0.39 is 44.8 Å². The van der Waals surface area contributed by atoms with Crippen molar-refractivity contribution >= 4 is 16.1 Å². The lowest BCUT2D eigenvalue weighted by molar-refractivity contribution is -0.0416. The second-order valence-corrected chi connectivity index (χ2v) is 20.2. The number of nitrogens with zero attached hydrogens (tertiary/aromatic N) is 1. The highest BCUT2D eigenvalue weighted by Gasteiger charge is 2.50. The van der Waals surface area contributed by atoms with E-state index in [1.165, 1.54) is 0 Å². The number of ether oxygens (including phenoxy) is 2. The first-order valence-electron chi connectivity index (χ1n) is 21.7. The van der Waals surface area contributed by atoms with Gasteiger partial charge in [0.2, 0.25) is 5.72 Å². The Bertz CT molecular complexity index is 2360. The van der Waals surface area contributed by atoms with Crippen molar-refractivity contribution in [3.63, 3.8) is 0 Å². The third-order valence-corrected chi connectivity index (χ3v) is 16.1. The lowest BCUT2D eigenvalue weighted by Crippen LogP contribution is -2.40. The number of rotatable bonds is 6. The van der Waals surface area contributed by atoms with Crippen LogP contribution >= 0.6 is 0 Å². The van der Waals surface area contributed by atoms with Gasteiger partial charge in [0.15, 0.2) is 5.96 Å². The molecule has 0 aromatic heterocycles. The molecule has 5 aliphatic heterocycles. The third kappa shape index (κ3) is 7.73. The maximum Gasteiger partial charge on any atom is 0.268 e. The van der Waals surface area contributed by atoms with Crippen LogP contribution in [-0.4, -0.2) is 57.8 Å². The molecule has 8 N–H and O–H groups in total. The number of nitrogens with two attached hydrogens (primary N) is 2. The number of aliphatic imine (C=N–C) groups is 1. The lowest BCUT2D eigenvalue weighted by Gasteiger charge is -2.42. The topological polar surface area (TPSA) is 198 Å². The Morgan fingerprint density at radius 1 is 1.00 bits per heavy atom. The minimum absolute atomic E-state index is 0.0797. The van der Waals surface area contributed by atoms with E-state index in [0.29, 0.717) is 61.8 Å². The normalized spacial score (nSPS) is 32.7. The van der Waals surface area contributed by atoms with Gasteiger partial charge in [-0.25, -0.2) is 4.99 Å². The molecule has 1 saturated carbocycles. The Labute approximate surface area is 353 Å². The molecule has 10 atom stereocenters. The summed E-state index contributed by atoms with van der Waals surface area (Å²) in [5.74, 6) is 5.48. The predicted molar refractivity (Wildman–Crippen MR) is 229 cm³/mol. The molecule has 11 nitrogen and oxygen atoms in total. The Kier molecular flexibility index (Phi) is 10.8.